The van der Waals surface area contributed by atoms with Crippen LogP contribution in [-0.2, 0) is 0 Å². The Morgan fingerprint density at radius 1 is 0.404 bits per heavy atom. The van der Waals surface area contributed by atoms with Crippen LogP contribution in [0, 0.1) is 0 Å². The van der Waals surface area contributed by atoms with E-state index in [0.29, 0.717) is 0 Å². The molecule has 0 saturated carbocycles. The number of hydrogen-bond donors (Lipinski definition) is 0. The predicted molar refractivity (Wildman–Crippen MR) is 196 cm³/mol. The summed E-state index contributed by atoms with van der Waals surface area (Å²) in [6.07, 6.45) is 5.58. The summed E-state index contributed by atoms with van der Waals surface area (Å²) in [4.78, 5) is 8.90. The van der Waals surface area contributed by atoms with Crippen LogP contribution in [0.3, 0.4) is 0 Å². The smallest absolute Gasteiger partial charge is 0.0702 e. The zero-order valence-corrected chi connectivity index (χ0v) is 25.6. The molecule has 0 spiro atoms. The highest BCUT2D eigenvalue weighted by Crippen LogP contribution is 2.40. The third-order valence-corrected chi connectivity index (χ3v) is 9.11. The van der Waals surface area contributed by atoms with E-state index in [4.69, 9.17) is 0 Å². The number of para-hydroxylation sites is 1. The minimum atomic E-state index is 0.979. The van der Waals surface area contributed by atoms with Crippen molar-refractivity contribution in [3.63, 3.8) is 0 Å². The van der Waals surface area contributed by atoms with Gasteiger partial charge in [-0.15, -0.1) is 0 Å². The van der Waals surface area contributed by atoms with Crippen molar-refractivity contribution in [2.75, 3.05) is 0 Å². The second-order valence-electron chi connectivity index (χ2n) is 11.9. The Morgan fingerprint density at radius 2 is 1.06 bits per heavy atom. The van der Waals surface area contributed by atoms with Gasteiger partial charge in [-0.3, -0.25) is 9.97 Å². The maximum Gasteiger partial charge on any atom is 0.0702 e. The molecule has 0 amide bonds. The van der Waals surface area contributed by atoms with Crippen molar-refractivity contribution in [3.8, 4) is 50.3 Å². The van der Waals surface area contributed by atoms with Gasteiger partial charge in [-0.2, -0.15) is 0 Å². The Hall–Kier alpha value is -6.32. The van der Waals surface area contributed by atoms with E-state index in [-0.39, 0.29) is 0 Å². The quantitative estimate of drug-likeness (QED) is 0.197. The maximum absolute atomic E-state index is 4.57. The zero-order valence-electron chi connectivity index (χ0n) is 25.6. The van der Waals surface area contributed by atoms with E-state index in [9.17, 15) is 0 Å². The lowest BCUT2D eigenvalue weighted by Crippen LogP contribution is -1.94. The van der Waals surface area contributed by atoms with E-state index >= 15 is 0 Å². The van der Waals surface area contributed by atoms with Crippen LogP contribution in [-0.4, -0.2) is 14.5 Å². The fraction of sp³-hybridized carbons (Fsp3) is 0. The summed E-state index contributed by atoms with van der Waals surface area (Å²) in [6, 6.07) is 56.5. The molecule has 0 saturated heterocycles. The molecule has 3 heteroatoms. The highest BCUT2D eigenvalue weighted by atomic mass is 15.0. The van der Waals surface area contributed by atoms with Gasteiger partial charge in [-0.1, -0.05) is 103 Å². The molecule has 0 bridgehead atoms. The Bertz CT molecular complexity index is 2550. The highest BCUT2D eigenvalue weighted by molar-refractivity contribution is 6.19. The molecular formula is C44H29N3. The molecule has 220 valence electrons. The minimum Gasteiger partial charge on any atom is -0.309 e. The number of aromatic nitrogens is 3. The van der Waals surface area contributed by atoms with Gasteiger partial charge in [0.15, 0.2) is 0 Å². The first-order valence-corrected chi connectivity index (χ1v) is 15.9. The first-order valence-electron chi connectivity index (χ1n) is 15.9. The number of fused-ring (bicyclic) bond motifs is 5. The number of benzene rings is 6. The second-order valence-corrected chi connectivity index (χ2v) is 11.9. The highest BCUT2D eigenvalue weighted by Gasteiger charge is 2.17. The lowest BCUT2D eigenvalue weighted by Gasteiger charge is -2.12. The molecule has 9 aromatic rings. The van der Waals surface area contributed by atoms with E-state index in [1.807, 2.05) is 36.8 Å². The van der Waals surface area contributed by atoms with Crippen LogP contribution in [0.5, 0.6) is 0 Å². The SMILES string of the molecule is c1ccc(-n2c3cc(-c4cccc(-c5cccnc5)c4)ccc3c3ccc4cc(-c5cccc(-c6ccccn6)c5)ccc4c32)cc1. The molecule has 3 heterocycles. The number of hydrogen-bond acceptors (Lipinski definition) is 2. The summed E-state index contributed by atoms with van der Waals surface area (Å²) >= 11 is 0. The summed E-state index contributed by atoms with van der Waals surface area (Å²) in [5.41, 5.74) is 12.7. The molecule has 47 heavy (non-hydrogen) atoms. The van der Waals surface area contributed by atoms with Gasteiger partial charge in [0.05, 0.1) is 16.7 Å². The van der Waals surface area contributed by atoms with Gasteiger partial charge in [0.2, 0.25) is 0 Å². The number of nitrogens with zero attached hydrogens (tertiary/aromatic N) is 3. The zero-order chi connectivity index (χ0) is 31.2. The average molecular weight is 600 g/mol. The Labute approximate surface area is 273 Å². The molecular weight excluding hydrogens is 571 g/mol. The van der Waals surface area contributed by atoms with Gasteiger partial charge in [0, 0.05) is 51.6 Å². The van der Waals surface area contributed by atoms with E-state index in [0.717, 1.165) is 28.1 Å². The third-order valence-electron chi connectivity index (χ3n) is 9.11. The molecule has 3 aromatic heterocycles. The Morgan fingerprint density at radius 3 is 1.83 bits per heavy atom. The van der Waals surface area contributed by atoms with Crippen molar-refractivity contribution >= 4 is 32.6 Å². The van der Waals surface area contributed by atoms with Gasteiger partial charge in [0.25, 0.3) is 0 Å². The van der Waals surface area contributed by atoms with Crippen molar-refractivity contribution < 1.29 is 0 Å². The predicted octanol–water partition coefficient (Wildman–Crippen LogP) is 11.4. The lowest BCUT2D eigenvalue weighted by atomic mass is 9.97. The van der Waals surface area contributed by atoms with Gasteiger partial charge in [-0.25, -0.2) is 0 Å². The van der Waals surface area contributed by atoms with Gasteiger partial charge in [0.1, 0.15) is 0 Å². The van der Waals surface area contributed by atoms with Crippen LogP contribution in [0.15, 0.2) is 176 Å². The van der Waals surface area contributed by atoms with Crippen LogP contribution in [0.25, 0.3) is 82.9 Å². The van der Waals surface area contributed by atoms with Crippen molar-refractivity contribution in [2.24, 2.45) is 0 Å². The first-order chi connectivity index (χ1) is 23.3. The summed E-state index contributed by atoms with van der Waals surface area (Å²) in [5.74, 6) is 0. The molecule has 0 radical (unpaired) electrons. The standard InChI is InChI=1S/C44H29N3/c1-2-14-38(15-3-1)47-43-28-34(30-9-6-11-32(25-30)37-13-8-23-45-29-37)18-21-40(43)41-22-19-35-26-33(17-20-39(35)44(41)47)31-10-7-12-36(27-31)42-16-4-5-24-46-42/h1-29H. The molecule has 0 fully saturated rings. The minimum absolute atomic E-state index is 0.979. The van der Waals surface area contributed by atoms with Gasteiger partial charge < -0.3 is 4.57 Å². The van der Waals surface area contributed by atoms with E-state index in [2.05, 4.69) is 154 Å². The molecule has 0 atom stereocenters. The largest absolute Gasteiger partial charge is 0.309 e. The third kappa shape index (κ3) is 4.77. The number of pyridine rings is 2. The lowest BCUT2D eigenvalue weighted by molar-refractivity contribution is 1.19. The van der Waals surface area contributed by atoms with E-state index in [1.54, 1.807) is 0 Å². The average Bonchev–Trinajstić information content (AvgIpc) is 3.50. The van der Waals surface area contributed by atoms with Crippen LogP contribution in [0.1, 0.15) is 0 Å². The topological polar surface area (TPSA) is 30.7 Å². The first kappa shape index (κ1) is 27.0. The summed E-state index contributed by atoms with van der Waals surface area (Å²) in [7, 11) is 0. The fourth-order valence-corrected chi connectivity index (χ4v) is 6.84. The Kier molecular flexibility index (Phi) is 6.46. The van der Waals surface area contributed by atoms with Crippen LogP contribution >= 0.6 is 0 Å². The summed E-state index contributed by atoms with van der Waals surface area (Å²) < 4.78 is 2.43. The molecule has 0 aliphatic carbocycles. The van der Waals surface area contributed by atoms with Crippen molar-refractivity contribution in [3.05, 3.63) is 176 Å². The van der Waals surface area contributed by atoms with Gasteiger partial charge in [-0.05, 0) is 87.8 Å². The van der Waals surface area contributed by atoms with E-state index < -0.39 is 0 Å². The summed E-state index contributed by atoms with van der Waals surface area (Å²) in [6.45, 7) is 0. The molecule has 9 rings (SSSR count). The molecule has 0 N–H and O–H groups in total. The molecule has 0 aliphatic rings. The second kappa shape index (κ2) is 11.2. The van der Waals surface area contributed by atoms with E-state index in [1.165, 1.54) is 54.8 Å². The van der Waals surface area contributed by atoms with Crippen LogP contribution < -0.4 is 0 Å². The monoisotopic (exact) mass is 599 g/mol. The molecule has 0 aliphatic heterocycles. The molecule has 6 aromatic carbocycles. The number of rotatable bonds is 5. The molecule has 3 nitrogen and oxygen atoms in total. The summed E-state index contributed by atoms with van der Waals surface area (Å²) in [5, 5.41) is 4.93. The van der Waals surface area contributed by atoms with Crippen LogP contribution in [0.2, 0.25) is 0 Å². The van der Waals surface area contributed by atoms with Crippen molar-refractivity contribution in [2.45, 2.75) is 0 Å². The maximum atomic E-state index is 4.57. The van der Waals surface area contributed by atoms with Crippen molar-refractivity contribution in [1.82, 2.24) is 14.5 Å². The normalized spacial score (nSPS) is 11.4. The van der Waals surface area contributed by atoms with Crippen LogP contribution in [0.4, 0.5) is 0 Å². The van der Waals surface area contributed by atoms with Crippen molar-refractivity contribution in [1.29, 1.82) is 0 Å². The Balaban J connectivity index is 1.23. The van der Waals surface area contributed by atoms with Gasteiger partial charge >= 0.3 is 0 Å². The fourth-order valence-electron chi connectivity index (χ4n) is 6.84. The molecule has 0 unspecified atom stereocenters.